The van der Waals surface area contributed by atoms with Crippen LogP contribution in [0.4, 0.5) is 5.82 Å². The molecular weight excluding hydrogens is 220 g/mol. The van der Waals surface area contributed by atoms with E-state index in [9.17, 15) is 0 Å². The van der Waals surface area contributed by atoms with Crippen LogP contribution in [0.25, 0.3) is 0 Å². The molecule has 3 nitrogen and oxygen atoms in total. The molecule has 0 spiro atoms. The average Bonchev–Trinajstić information content (AvgIpc) is 2.27. The molecule has 0 aliphatic rings. The van der Waals surface area contributed by atoms with Gasteiger partial charge in [-0.1, -0.05) is 13.8 Å². The molecule has 0 amide bonds. The molecule has 90 valence electrons. The van der Waals surface area contributed by atoms with Gasteiger partial charge in [-0.3, -0.25) is 0 Å². The number of nitrogens with zero attached hydrogens (tertiary/aromatic N) is 1. The highest BCUT2D eigenvalue weighted by atomic mass is 32.2. The lowest BCUT2D eigenvalue weighted by atomic mass is 10.3. The fourth-order valence-corrected chi connectivity index (χ4v) is 2.31. The Morgan fingerprint density at radius 1 is 1.56 bits per heavy atom. The molecule has 0 saturated heterocycles. The first-order valence-corrected chi connectivity index (χ1v) is 6.61. The fraction of sp³-hybridized carbons (Fsp3) is 0.583. The van der Waals surface area contributed by atoms with E-state index in [-0.39, 0.29) is 6.61 Å². The lowest BCUT2D eigenvalue weighted by Crippen LogP contribution is -2.02. The molecule has 4 heteroatoms. The Morgan fingerprint density at radius 3 is 3.06 bits per heavy atom. The Kier molecular flexibility index (Phi) is 6.26. The van der Waals surface area contributed by atoms with Crippen LogP contribution >= 0.6 is 11.8 Å². The van der Waals surface area contributed by atoms with Gasteiger partial charge in [-0.25, -0.2) is 4.98 Å². The minimum absolute atomic E-state index is 0.250. The number of nitrogens with one attached hydrogen (secondary N) is 1. The van der Waals surface area contributed by atoms with Gasteiger partial charge in [0.1, 0.15) is 5.82 Å². The lowest BCUT2D eigenvalue weighted by Gasteiger charge is -2.10. The van der Waals surface area contributed by atoms with Gasteiger partial charge in [-0.15, -0.1) is 11.8 Å². The normalized spacial score (nSPS) is 12.4. The van der Waals surface area contributed by atoms with Crippen molar-refractivity contribution in [3.05, 3.63) is 18.3 Å². The molecule has 1 heterocycles. The Morgan fingerprint density at radius 2 is 2.38 bits per heavy atom. The van der Waals surface area contributed by atoms with Gasteiger partial charge in [0.05, 0.1) is 0 Å². The number of pyridine rings is 1. The van der Waals surface area contributed by atoms with Gasteiger partial charge in [0, 0.05) is 29.5 Å². The average molecular weight is 240 g/mol. The van der Waals surface area contributed by atoms with E-state index in [1.807, 2.05) is 12.3 Å². The number of aliphatic hydroxyl groups is 1. The van der Waals surface area contributed by atoms with E-state index in [1.165, 1.54) is 4.90 Å². The van der Waals surface area contributed by atoms with Crippen molar-refractivity contribution in [1.29, 1.82) is 0 Å². The summed E-state index contributed by atoms with van der Waals surface area (Å²) in [4.78, 5) is 5.46. The summed E-state index contributed by atoms with van der Waals surface area (Å²) in [6.07, 6.45) is 3.75. The van der Waals surface area contributed by atoms with Crippen molar-refractivity contribution in [1.82, 2.24) is 4.98 Å². The topological polar surface area (TPSA) is 45.1 Å². The third-order valence-electron chi connectivity index (χ3n) is 2.16. The standard InChI is InChI=1S/C12H20N2OS/c1-3-6-13-12-9-11(4-7-14-12)16-10(2)5-8-15/h4,7,9-10,15H,3,5-6,8H2,1-2H3,(H,13,14). The monoisotopic (exact) mass is 240 g/mol. The molecule has 0 radical (unpaired) electrons. The van der Waals surface area contributed by atoms with E-state index in [1.54, 1.807) is 11.8 Å². The Labute approximate surface area is 102 Å². The van der Waals surface area contributed by atoms with Gasteiger partial charge < -0.3 is 10.4 Å². The van der Waals surface area contributed by atoms with Crippen molar-refractivity contribution < 1.29 is 5.11 Å². The van der Waals surface area contributed by atoms with Crippen LogP contribution in [0, 0.1) is 0 Å². The molecule has 16 heavy (non-hydrogen) atoms. The van der Waals surface area contributed by atoms with E-state index in [4.69, 9.17) is 5.11 Å². The van der Waals surface area contributed by atoms with E-state index >= 15 is 0 Å². The van der Waals surface area contributed by atoms with Crippen LogP contribution in [-0.4, -0.2) is 28.5 Å². The molecule has 1 aromatic rings. The quantitative estimate of drug-likeness (QED) is 0.719. The van der Waals surface area contributed by atoms with E-state index in [0.29, 0.717) is 5.25 Å². The zero-order valence-electron chi connectivity index (χ0n) is 9.94. The predicted octanol–water partition coefficient (Wildman–Crippen LogP) is 2.77. The van der Waals surface area contributed by atoms with Crippen molar-refractivity contribution in [2.45, 2.75) is 36.8 Å². The number of thioether (sulfide) groups is 1. The molecule has 1 unspecified atom stereocenters. The summed E-state index contributed by atoms with van der Waals surface area (Å²) >= 11 is 1.78. The third-order valence-corrected chi connectivity index (χ3v) is 3.32. The molecule has 1 aromatic heterocycles. The van der Waals surface area contributed by atoms with Crippen molar-refractivity contribution in [3.8, 4) is 0 Å². The number of aliphatic hydroxyl groups excluding tert-OH is 1. The first kappa shape index (κ1) is 13.3. The second-order valence-corrected chi connectivity index (χ2v) is 5.26. The van der Waals surface area contributed by atoms with Gasteiger partial charge in [-0.05, 0) is 25.0 Å². The van der Waals surface area contributed by atoms with Crippen LogP contribution in [-0.2, 0) is 0 Å². The van der Waals surface area contributed by atoms with Gasteiger partial charge >= 0.3 is 0 Å². The number of rotatable bonds is 7. The van der Waals surface area contributed by atoms with Crippen LogP contribution in [0.5, 0.6) is 0 Å². The largest absolute Gasteiger partial charge is 0.396 e. The maximum Gasteiger partial charge on any atom is 0.126 e. The highest BCUT2D eigenvalue weighted by Gasteiger charge is 2.04. The lowest BCUT2D eigenvalue weighted by molar-refractivity contribution is 0.289. The highest BCUT2D eigenvalue weighted by molar-refractivity contribution is 7.99. The van der Waals surface area contributed by atoms with E-state index < -0.39 is 0 Å². The summed E-state index contributed by atoms with van der Waals surface area (Å²) in [6.45, 7) is 5.46. The highest BCUT2D eigenvalue weighted by Crippen LogP contribution is 2.26. The summed E-state index contributed by atoms with van der Waals surface area (Å²) in [6, 6.07) is 4.07. The van der Waals surface area contributed by atoms with Crippen LogP contribution < -0.4 is 5.32 Å². The van der Waals surface area contributed by atoms with Crippen LogP contribution in [0.1, 0.15) is 26.7 Å². The fourth-order valence-electron chi connectivity index (χ4n) is 1.31. The molecule has 0 fully saturated rings. The summed E-state index contributed by atoms with van der Waals surface area (Å²) in [5, 5.41) is 12.6. The molecule has 2 N–H and O–H groups in total. The number of anilines is 1. The van der Waals surface area contributed by atoms with Crippen LogP contribution in [0.3, 0.4) is 0 Å². The minimum Gasteiger partial charge on any atom is -0.396 e. The number of hydrogen-bond acceptors (Lipinski definition) is 4. The summed E-state index contributed by atoms with van der Waals surface area (Å²) in [5.41, 5.74) is 0. The van der Waals surface area contributed by atoms with Gasteiger partial charge in [0.15, 0.2) is 0 Å². The van der Waals surface area contributed by atoms with Crippen molar-refractivity contribution in [2.75, 3.05) is 18.5 Å². The zero-order valence-corrected chi connectivity index (χ0v) is 10.8. The van der Waals surface area contributed by atoms with Crippen molar-refractivity contribution >= 4 is 17.6 Å². The molecular formula is C12H20N2OS. The maximum atomic E-state index is 8.85. The van der Waals surface area contributed by atoms with E-state index in [0.717, 1.165) is 25.2 Å². The predicted molar refractivity (Wildman–Crippen MR) is 70.0 cm³/mol. The zero-order chi connectivity index (χ0) is 11.8. The number of aromatic nitrogens is 1. The molecule has 0 aliphatic heterocycles. The summed E-state index contributed by atoms with van der Waals surface area (Å²) < 4.78 is 0. The van der Waals surface area contributed by atoms with Crippen LogP contribution in [0.15, 0.2) is 23.2 Å². The van der Waals surface area contributed by atoms with Crippen LogP contribution in [0.2, 0.25) is 0 Å². The SMILES string of the molecule is CCCNc1cc(SC(C)CCO)ccn1. The second-order valence-electron chi connectivity index (χ2n) is 3.74. The molecule has 0 aromatic carbocycles. The maximum absolute atomic E-state index is 8.85. The van der Waals surface area contributed by atoms with Gasteiger partial charge in [-0.2, -0.15) is 0 Å². The molecule has 1 rings (SSSR count). The Balaban J connectivity index is 2.52. The second kappa shape index (κ2) is 7.52. The Bertz CT molecular complexity index is 307. The first-order chi connectivity index (χ1) is 7.76. The molecule has 0 aliphatic carbocycles. The van der Waals surface area contributed by atoms with E-state index in [2.05, 4.69) is 30.2 Å². The van der Waals surface area contributed by atoms with Gasteiger partial charge in [0.2, 0.25) is 0 Å². The molecule has 1 atom stereocenters. The first-order valence-electron chi connectivity index (χ1n) is 5.73. The van der Waals surface area contributed by atoms with Gasteiger partial charge in [0.25, 0.3) is 0 Å². The minimum atomic E-state index is 0.250. The summed E-state index contributed by atoms with van der Waals surface area (Å²) in [5.74, 6) is 0.933. The number of hydrogen-bond donors (Lipinski definition) is 2. The van der Waals surface area contributed by atoms with Crippen molar-refractivity contribution in [3.63, 3.8) is 0 Å². The third kappa shape index (κ3) is 4.86. The van der Waals surface area contributed by atoms with Crippen molar-refractivity contribution in [2.24, 2.45) is 0 Å². The smallest absolute Gasteiger partial charge is 0.126 e. The Hall–Kier alpha value is -0.740. The summed E-state index contributed by atoms with van der Waals surface area (Å²) in [7, 11) is 0. The molecule has 0 saturated carbocycles. The molecule has 0 bridgehead atoms.